The minimum absolute atomic E-state index is 0.00980. The maximum Gasteiger partial charge on any atom is 0.313 e. The molecule has 1 atom stereocenters. The second-order valence-electron chi connectivity index (χ2n) is 5.78. The molecule has 0 fully saturated rings. The fourth-order valence-corrected chi connectivity index (χ4v) is 1.85. The van der Waals surface area contributed by atoms with E-state index in [4.69, 9.17) is 0 Å². The molecule has 0 spiro atoms. The van der Waals surface area contributed by atoms with Gasteiger partial charge in [-0.2, -0.15) is 0 Å². The Bertz CT molecular complexity index is 515. The lowest BCUT2D eigenvalue weighted by Crippen LogP contribution is -2.40. The van der Waals surface area contributed by atoms with E-state index in [9.17, 15) is 14.0 Å². The van der Waals surface area contributed by atoms with Crippen LogP contribution >= 0.6 is 0 Å². The number of rotatable bonds is 5. The van der Waals surface area contributed by atoms with Crippen molar-refractivity contribution < 1.29 is 14.0 Å². The second-order valence-corrected chi connectivity index (χ2v) is 5.78. The molecule has 1 rings (SSSR count). The molecule has 1 aromatic carbocycles. The van der Waals surface area contributed by atoms with Crippen molar-refractivity contribution in [3.63, 3.8) is 0 Å². The van der Waals surface area contributed by atoms with Gasteiger partial charge in [0, 0.05) is 6.04 Å². The van der Waals surface area contributed by atoms with Gasteiger partial charge in [-0.15, -0.1) is 0 Å². The molecule has 0 aliphatic carbocycles. The number of hydrogen-bond acceptors (Lipinski definition) is 2. The van der Waals surface area contributed by atoms with Crippen molar-refractivity contribution in [3.05, 3.63) is 29.6 Å². The smallest absolute Gasteiger partial charge is 0.313 e. The molecule has 2 N–H and O–H groups in total. The van der Waals surface area contributed by atoms with E-state index >= 15 is 0 Å². The molecule has 0 bridgehead atoms. The lowest BCUT2D eigenvalue weighted by atomic mass is 10.0. The van der Waals surface area contributed by atoms with Gasteiger partial charge in [-0.25, -0.2) is 4.39 Å². The summed E-state index contributed by atoms with van der Waals surface area (Å²) in [6, 6.07) is 4.33. The topological polar surface area (TPSA) is 58.2 Å². The normalized spacial score (nSPS) is 12.1. The van der Waals surface area contributed by atoms with Gasteiger partial charge in [-0.1, -0.05) is 19.9 Å². The first kappa shape index (κ1) is 17.1. The van der Waals surface area contributed by atoms with Crippen LogP contribution in [0.1, 0.15) is 39.2 Å². The Kier molecular flexibility index (Phi) is 6.34. The van der Waals surface area contributed by atoms with Gasteiger partial charge >= 0.3 is 11.8 Å². The summed E-state index contributed by atoms with van der Waals surface area (Å²) >= 11 is 0. The van der Waals surface area contributed by atoms with Crippen LogP contribution in [0.3, 0.4) is 0 Å². The van der Waals surface area contributed by atoms with E-state index in [2.05, 4.69) is 24.5 Å². The van der Waals surface area contributed by atoms with Gasteiger partial charge in [0.15, 0.2) is 0 Å². The number of anilines is 1. The van der Waals surface area contributed by atoms with Crippen LogP contribution in [0.15, 0.2) is 18.2 Å². The van der Waals surface area contributed by atoms with Crippen molar-refractivity contribution in [2.45, 2.75) is 46.6 Å². The van der Waals surface area contributed by atoms with Crippen LogP contribution in [0, 0.1) is 18.7 Å². The molecule has 116 valence electrons. The number of nitrogens with one attached hydrogen (secondary N) is 2. The highest BCUT2D eigenvalue weighted by Gasteiger charge is 2.17. The molecule has 1 unspecified atom stereocenters. The number of amides is 2. The van der Waals surface area contributed by atoms with E-state index in [1.807, 2.05) is 6.92 Å². The number of halogens is 1. The van der Waals surface area contributed by atoms with Crippen molar-refractivity contribution in [2.75, 3.05) is 5.32 Å². The summed E-state index contributed by atoms with van der Waals surface area (Å²) in [5.41, 5.74) is 0.757. The van der Waals surface area contributed by atoms with E-state index in [1.165, 1.54) is 12.1 Å². The summed E-state index contributed by atoms with van der Waals surface area (Å²) in [5.74, 6) is -1.61. The Morgan fingerprint density at radius 1 is 1.14 bits per heavy atom. The summed E-state index contributed by atoms with van der Waals surface area (Å²) in [7, 11) is 0. The largest absolute Gasteiger partial charge is 0.345 e. The molecule has 2 amide bonds. The zero-order chi connectivity index (χ0) is 16.0. The van der Waals surface area contributed by atoms with Crippen LogP contribution in [0.25, 0.3) is 0 Å². The fraction of sp³-hybridized carbons (Fsp3) is 0.500. The third-order valence-corrected chi connectivity index (χ3v) is 3.13. The molecule has 4 nitrogen and oxygen atoms in total. The van der Waals surface area contributed by atoms with Crippen LogP contribution in [-0.4, -0.2) is 17.9 Å². The van der Waals surface area contributed by atoms with Gasteiger partial charge in [0.2, 0.25) is 0 Å². The standard InChI is InChI=1S/C16H23FN2O2/c1-10(2)5-7-12(4)18-15(20)16(21)19-14-8-6-11(3)9-13(14)17/h6,8-10,12H,5,7H2,1-4H3,(H,18,20)(H,19,21). The quantitative estimate of drug-likeness (QED) is 0.820. The van der Waals surface area contributed by atoms with Crippen molar-refractivity contribution >= 4 is 17.5 Å². The SMILES string of the molecule is Cc1ccc(NC(=O)C(=O)NC(C)CCC(C)C)c(F)c1. The summed E-state index contributed by atoms with van der Waals surface area (Å²) < 4.78 is 13.6. The lowest BCUT2D eigenvalue weighted by molar-refractivity contribution is -0.136. The maximum atomic E-state index is 13.6. The van der Waals surface area contributed by atoms with Crippen LogP contribution in [-0.2, 0) is 9.59 Å². The van der Waals surface area contributed by atoms with Crippen LogP contribution < -0.4 is 10.6 Å². The molecule has 0 aliphatic heterocycles. The minimum Gasteiger partial charge on any atom is -0.345 e. The first-order valence-electron chi connectivity index (χ1n) is 7.17. The zero-order valence-corrected chi connectivity index (χ0v) is 13.0. The molecule has 21 heavy (non-hydrogen) atoms. The maximum absolute atomic E-state index is 13.6. The number of carbonyl (C=O) groups excluding carboxylic acids is 2. The third kappa shape index (κ3) is 5.94. The Morgan fingerprint density at radius 3 is 2.38 bits per heavy atom. The van der Waals surface area contributed by atoms with Crippen molar-refractivity contribution in [1.82, 2.24) is 5.32 Å². The van der Waals surface area contributed by atoms with Crippen molar-refractivity contribution in [3.8, 4) is 0 Å². The van der Waals surface area contributed by atoms with E-state index in [0.717, 1.165) is 18.4 Å². The monoisotopic (exact) mass is 294 g/mol. The van der Waals surface area contributed by atoms with Crippen LogP contribution in [0.4, 0.5) is 10.1 Å². The van der Waals surface area contributed by atoms with Crippen LogP contribution in [0.2, 0.25) is 0 Å². The lowest BCUT2D eigenvalue weighted by Gasteiger charge is -2.15. The Balaban J connectivity index is 2.53. The number of benzene rings is 1. The highest BCUT2D eigenvalue weighted by molar-refractivity contribution is 6.39. The summed E-state index contributed by atoms with van der Waals surface area (Å²) in [6.45, 7) is 7.79. The molecule has 5 heteroatoms. The van der Waals surface area contributed by atoms with Gasteiger partial charge in [0.1, 0.15) is 5.82 Å². The molecule has 0 aromatic heterocycles. The second kappa shape index (κ2) is 7.76. The molecule has 0 saturated carbocycles. The number of aryl methyl sites for hydroxylation is 1. The molecular formula is C16H23FN2O2. The molecule has 0 aliphatic rings. The molecule has 0 saturated heterocycles. The van der Waals surface area contributed by atoms with Gasteiger partial charge in [-0.3, -0.25) is 9.59 Å². The summed E-state index contributed by atoms with van der Waals surface area (Å²) in [6.07, 6.45) is 1.77. The number of hydrogen-bond donors (Lipinski definition) is 2. The van der Waals surface area contributed by atoms with E-state index in [0.29, 0.717) is 5.92 Å². The summed E-state index contributed by atoms with van der Waals surface area (Å²) in [5, 5.41) is 4.89. The fourth-order valence-electron chi connectivity index (χ4n) is 1.85. The molecule has 0 radical (unpaired) electrons. The number of carbonyl (C=O) groups is 2. The van der Waals surface area contributed by atoms with Gasteiger partial charge in [-0.05, 0) is 50.3 Å². The van der Waals surface area contributed by atoms with Gasteiger partial charge in [0.25, 0.3) is 0 Å². The van der Waals surface area contributed by atoms with Gasteiger partial charge < -0.3 is 10.6 Å². The molecular weight excluding hydrogens is 271 g/mol. The Hall–Kier alpha value is -1.91. The predicted molar refractivity (Wildman–Crippen MR) is 81.4 cm³/mol. The molecule has 0 heterocycles. The average Bonchev–Trinajstić information content (AvgIpc) is 2.39. The molecule has 1 aromatic rings. The zero-order valence-electron chi connectivity index (χ0n) is 13.0. The van der Waals surface area contributed by atoms with E-state index in [-0.39, 0.29) is 11.7 Å². The minimum atomic E-state index is -0.853. The van der Waals surface area contributed by atoms with E-state index < -0.39 is 17.6 Å². The van der Waals surface area contributed by atoms with Crippen molar-refractivity contribution in [2.24, 2.45) is 5.92 Å². The predicted octanol–water partition coefficient (Wildman–Crippen LogP) is 3.01. The average molecular weight is 294 g/mol. The highest BCUT2D eigenvalue weighted by Crippen LogP contribution is 2.15. The highest BCUT2D eigenvalue weighted by atomic mass is 19.1. The third-order valence-electron chi connectivity index (χ3n) is 3.13. The van der Waals surface area contributed by atoms with E-state index in [1.54, 1.807) is 13.0 Å². The first-order chi connectivity index (χ1) is 9.79. The van der Waals surface area contributed by atoms with Crippen LogP contribution in [0.5, 0.6) is 0 Å². The Labute approximate surface area is 125 Å². The van der Waals surface area contributed by atoms with Crippen molar-refractivity contribution in [1.29, 1.82) is 0 Å². The first-order valence-corrected chi connectivity index (χ1v) is 7.17. The summed E-state index contributed by atoms with van der Waals surface area (Å²) in [4.78, 5) is 23.5. The Morgan fingerprint density at radius 2 is 1.81 bits per heavy atom. The van der Waals surface area contributed by atoms with Gasteiger partial charge in [0.05, 0.1) is 5.69 Å².